The minimum atomic E-state index is -0.935. The molecule has 1 saturated carbocycles. The second-order valence-corrected chi connectivity index (χ2v) is 7.03. The van der Waals surface area contributed by atoms with Crippen molar-refractivity contribution in [3.05, 3.63) is 52.1 Å². The average molecular weight is 386 g/mol. The zero-order valence-corrected chi connectivity index (χ0v) is 16.4. The standard InChI is InChI=1S/C21H23FN2O4/c1-5-28-21(27)19(25)17-12(3)16(18(24(17)4)13-6-7-13)20(26)23-14-8-9-15(22)11(2)10-14/h8-10,13H,5-7H2,1-4H3,(H,23,26). The van der Waals surface area contributed by atoms with Crippen molar-refractivity contribution in [1.82, 2.24) is 4.57 Å². The van der Waals surface area contributed by atoms with E-state index in [-0.39, 0.29) is 29.9 Å². The van der Waals surface area contributed by atoms with Gasteiger partial charge >= 0.3 is 5.97 Å². The normalized spacial score (nSPS) is 13.3. The molecule has 1 N–H and O–H groups in total. The number of halogens is 1. The zero-order valence-electron chi connectivity index (χ0n) is 16.4. The maximum Gasteiger partial charge on any atom is 0.381 e. The minimum absolute atomic E-state index is 0.0980. The number of nitrogens with one attached hydrogen (secondary N) is 1. The fourth-order valence-corrected chi connectivity index (χ4v) is 3.50. The third kappa shape index (κ3) is 3.56. The second kappa shape index (κ2) is 7.58. The predicted octanol–water partition coefficient (Wildman–Crippen LogP) is 3.66. The molecule has 0 atom stereocenters. The third-order valence-electron chi connectivity index (χ3n) is 4.97. The number of benzene rings is 1. The predicted molar refractivity (Wildman–Crippen MR) is 102 cm³/mol. The Morgan fingerprint density at radius 2 is 1.93 bits per heavy atom. The first kappa shape index (κ1) is 19.8. The van der Waals surface area contributed by atoms with Gasteiger partial charge in [0.1, 0.15) is 11.5 Å². The Morgan fingerprint density at radius 3 is 2.50 bits per heavy atom. The maximum absolute atomic E-state index is 13.5. The molecule has 2 aromatic rings. The Morgan fingerprint density at radius 1 is 1.25 bits per heavy atom. The summed E-state index contributed by atoms with van der Waals surface area (Å²) in [7, 11) is 1.69. The molecule has 0 saturated heterocycles. The van der Waals surface area contributed by atoms with Crippen molar-refractivity contribution in [2.45, 2.75) is 39.5 Å². The SMILES string of the molecule is CCOC(=O)C(=O)c1c(C)c(C(=O)Nc2ccc(F)c(C)c2)c(C2CC2)n1C. The fourth-order valence-electron chi connectivity index (χ4n) is 3.50. The van der Waals surface area contributed by atoms with E-state index in [1.165, 1.54) is 12.1 Å². The number of anilines is 1. The number of carbonyl (C=O) groups excluding carboxylic acids is 3. The minimum Gasteiger partial charge on any atom is -0.460 e. The molecule has 1 aliphatic carbocycles. The molecule has 0 aliphatic heterocycles. The van der Waals surface area contributed by atoms with Gasteiger partial charge in [-0.25, -0.2) is 9.18 Å². The molecule has 6 nitrogen and oxygen atoms in total. The lowest BCUT2D eigenvalue weighted by molar-refractivity contribution is -0.137. The van der Waals surface area contributed by atoms with Crippen LogP contribution in [0.3, 0.4) is 0 Å². The number of aromatic nitrogens is 1. The molecule has 28 heavy (non-hydrogen) atoms. The van der Waals surface area contributed by atoms with Crippen molar-refractivity contribution in [3.63, 3.8) is 0 Å². The van der Waals surface area contributed by atoms with E-state index in [1.807, 2.05) is 0 Å². The number of ether oxygens (including phenoxy) is 1. The van der Waals surface area contributed by atoms with E-state index in [0.29, 0.717) is 22.4 Å². The number of rotatable bonds is 6. The Hall–Kier alpha value is -2.96. The van der Waals surface area contributed by atoms with Crippen LogP contribution in [0.1, 0.15) is 63.4 Å². The highest BCUT2D eigenvalue weighted by Gasteiger charge is 2.37. The lowest BCUT2D eigenvalue weighted by atomic mass is 10.0. The summed E-state index contributed by atoms with van der Waals surface area (Å²) in [6.45, 7) is 5.00. The maximum atomic E-state index is 13.5. The van der Waals surface area contributed by atoms with Gasteiger partial charge in [-0.1, -0.05) is 0 Å². The Kier molecular flexibility index (Phi) is 5.36. The molecule has 7 heteroatoms. The lowest BCUT2D eigenvalue weighted by Crippen LogP contribution is -2.21. The topological polar surface area (TPSA) is 77.4 Å². The number of esters is 1. The van der Waals surface area contributed by atoms with Gasteiger partial charge < -0.3 is 14.6 Å². The van der Waals surface area contributed by atoms with Crippen LogP contribution in [-0.4, -0.2) is 28.8 Å². The van der Waals surface area contributed by atoms with Gasteiger partial charge in [-0.05, 0) is 62.9 Å². The van der Waals surface area contributed by atoms with E-state index in [2.05, 4.69) is 5.32 Å². The molecule has 3 rings (SSSR count). The lowest BCUT2D eigenvalue weighted by Gasteiger charge is -2.09. The van der Waals surface area contributed by atoms with Crippen LogP contribution >= 0.6 is 0 Å². The highest BCUT2D eigenvalue weighted by Crippen LogP contribution is 2.44. The van der Waals surface area contributed by atoms with E-state index < -0.39 is 11.8 Å². The Bertz CT molecular complexity index is 973. The first-order chi connectivity index (χ1) is 13.3. The largest absolute Gasteiger partial charge is 0.460 e. The number of hydrogen-bond donors (Lipinski definition) is 1. The molecule has 1 amide bonds. The highest BCUT2D eigenvalue weighted by atomic mass is 19.1. The Labute approximate surface area is 162 Å². The van der Waals surface area contributed by atoms with Gasteiger partial charge in [-0.15, -0.1) is 0 Å². The molecule has 0 unspecified atom stereocenters. The molecule has 0 spiro atoms. The summed E-state index contributed by atoms with van der Waals surface area (Å²) in [5, 5.41) is 2.78. The average Bonchev–Trinajstić information content (AvgIpc) is 3.43. The van der Waals surface area contributed by atoms with Gasteiger partial charge in [-0.3, -0.25) is 9.59 Å². The highest BCUT2D eigenvalue weighted by molar-refractivity contribution is 6.40. The van der Waals surface area contributed by atoms with E-state index in [1.54, 1.807) is 38.5 Å². The van der Waals surface area contributed by atoms with Crippen LogP contribution in [0.4, 0.5) is 10.1 Å². The molecular weight excluding hydrogens is 363 g/mol. The number of hydrogen-bond acceptors (Lipinski definition) is 4. The smallest absolute Gasteiger partial charge is 0.381 e. The molecule has 1 aromatic heterocycles. The van der Waals surface area contributed by atoms with Gasteiger partial charge in [0.15, 0.2) is 0 Å². The number of Topliss-reactive ketones (excluding diaryl/α,β-unsaturated/α-hetero) is 1. The van der Waals surface area contributed by atoms with Crippen LogP contribution in [0.2, 0.25) is 0 Å². The molecule has 148 valence electrons. The second-order valence-electron chi connectivity index (χ2n) is 7.03. The van der Waals surface area contributed by atoms with Crippen LogP contribution in [-0.2, 0) is 16.6 Å². The first-order valence-electron chi connectivity index (χ1n) is 9.24. The number of nitrogens with zero attached hydrogens (tertiary/aromatic N) is 1. The first-order valence-corrected chi connectivity index (χ1v) is 9.24. The van der Waals surface area contributed by atoms with E-state index in [0.717, 1.165) is 18.5 Å². The number of amides is 1. The fraction of sp³-hybridized carbons (Fsp3) is 0.381. The van der Waals surface area contributed by atoms with E-state index in [4.69, 9.17) is 4.74 Å². The van der Waals surface area contributed by atoms with Gasteiger partial charge in [0.05, 0.1) is 12.2 Å². The van der Waals surface area contributed by atoms with Gasteiger partial charge in [0.2, 0.25) is 0 Å². The summed E-state index contributed by atoms with van der Waals surface area (Å²) in [5.74, 6) is -2.27. The molecular formula is C21H23FN2O4. The molecule has 1 heterocycles. The van der Waals surface area contributed by atoms with Crippen LogP contribution < -0.4 is 5.32 Å². The van der Waals surface area contributed by atoms with Gasteiger partial charge in [0, 0.05) is 24.3 Å². The van der Waals surface area contributed by atoms with Crippen LogP contribution in [0.5, 0.6) is 0 Å². The quantitative estimate of drug-likeness (QED) is 0.467. The van der Waals surface area contributed by atoms with Crippen LogP contribution in [0.15, 0.2) is 18.2 Å². The number of aryl methyl sites for hydroxylation is 1. The van der Waals surface area contributed by atoms with Crippen molar-refractivity contribution >= 4 is 23.3 Å². The summed E-state index contributed by atoms with van der Waals surface area (Å²) in [4.78, 5) is 37.6. The summed E-state index contributed by atoms with van der Waals surface area (Å²) in [5.41, 5.74) is 2.62. The van der Waals surface area contributed by atoms with Crippen molar-refractivity contribution < 1.29 is 23.5 Å². The van der Waals surface area contributed by atoms with Crippen molar-refractivity contribution in [2.24, 2.45) is 7.05 Å². The van der Waals surface area contributed by atoms with Crippen LogP contribution in [0, 0.1) is 19.7 Å². The number of ketones is 1. The van der Waals surface area contributed by atoms with Crippen LogP contribution in [0.25, 0.3) is 0 Å². The molecule has 0 bridgehead atoms. The van der Waals surface area contributed by atoms with E-state index in [9.17, 15) is 18.8 Å². The van der Waals surface area contributed by atoms with Gasteiger partial charge in [-0.2, -0.15) is 0 Å². The zero-order chi connectivity index (χ0) is 20.6. The van der Waals surface area contributed by atoms with Gasteiger partial charge in [0.25, 0.3) is 11.7 Å². The molecule has 1 aromatic carbocycles. The molecule has 1 fully saturated rings. The summed E-state index contributed by atoms with van der Waals surface area (Å²) in [6.07, 6.45) is 1.83. The summed E-state index contributed by atoms with van der Waals surface area (Å²) in [6, 6.07) is 4.33. The molecule has 0 radical (unpaired) electrons. The Balaban J connectivity index is 2.01. The molecule has 1 aliphatic rings. The summed E-state index contributed by atoms with van der Waals surface area (Å²) < 4.78 is 20.0. The third-order valence-corrected chi connectivity index (χ3v) is 4.97. The van der Waals surface area contributed by atoms with Crippen molar-refractivity contribution in [2.75, 3.05) is 11.9 Å². The van der Waals surface area contributed by atoms with E-state index >= 15 is 0 Å². The van der Waals surface area contributed by atoms with Crippen molar-refractivity contribution in [1.29, 1.82) is 0 Å². The summed E-state index contributed by atoms with van der Waals surface area (Å²) >= 11 is 0. The van der Waals surface area contributed by atoms with Crippen molar-refractivity contribution in [3.8, 4) is 0 Å². The monoisotopic (exact) mass is 386 g/mol. The number of carbonyl (C=O) groups is 3.